The van der Waals surface area contributed by atoms with Crippen LogP contribution in [0.2, 0.25) is 0 Å². The Labute approximate surface area is 142 Å². The van der Waals surface area contributed by atoms with Gasteiger partial charge in [-0.1, -0.05) is 56.1 Å². The molecule has 2 aromatic carbocycles. The predicted molar refractivity (Wildman–Crippen MR) is 93.1 cm³/mol. The molecule has 1 unspecified atom stereocenters. The Morgan fingerprint density at radius 2 is 1.76 bits per heavy atom. The number of hydrogen-bond acceptors (Lipinski definition) is 1. The minimum atomic E-state index is -0.141. The predicted octanol–water partition coefficient (Wildman–Crippen LogP) is 4.97. The van der Waals surface area contributed by atoms with E-state index >= 15 is 0 Å². The van der Waals surface area contributed by atoms with Crippen molar-refractivity contribution in [2.45, 2.75) is 12.8 Å². The summed E-state index contributed by atoms with van der Waals surface area (Å²) in [7, 11) is 1.94. The molecule has 0 aliphatic rings. The third kappa shape index (κ3) is 4.90. The summed E-state index contributed by atoms with van der Waals surface area (Å²) in [5.41, 5.74) is 2.03. The largest absolute Gasteiger partial charge is 0.319 e. The molecule has 0 aromatic heterocycles. The maximum atomic E-state index is 14.0. The van der Waals surface area contributed by atoms with Crippen LogP contribution in [0.5, 0.6) is 0 Å². The summed E-state index contributed by atoms with van der Waals surface area (Å²) in [6, 6.07) is 13.5. The highest BCUT2D eigenvalue weighted by atomic mass is 79.9. The molecule has 1 N–H and O–H groups in total. The third-order valence-electron chi connectivity index (χ3n) is 3.48. The standard InChI is InChI=1S/C17H18Br2FN/c1-21-11-12(8-13-4-2-3-5-16(13)19)9-14-6-7-15(18)10-17(14)20/h2-7,10,12,21H,8-9,11H2,1H3. The summed E-state index contributed by atoms with van der Waals surface area (Å²) < 4.78 is 15.9. The van der Waals surface area contributed by atoms with Crippen molar-refractivity contribution in [2.24, 2.45) is 5.92 Å². The zero-order chi connectivity index (χ0) is 15.2. The average molecular weight is 415 g/mol. The van der Waals surface area contributed by atoms with Gasteiger partial charge in [-0.15, -0.1) is 0 Å². The van der Waals surface area contributed by atoms with Crippen LogP contribution in [-0.4, -0.2) is 13.6 Å². The first-order valence-electron chi connectivity index (χ1n) is 6.92. The van der Waals surface area contributed by atoms with E-state index in [0.29, 0.717) is 5.92 Å². The van der Waals surface area contributed by atoms with Crippen molar-refractivity contribution < 1.29 is 4.39 Å². The van der Waals surface area contributed by atoms with Gasteiger partial charge in [-0.3, -0.25) is 0 Å². The van der Waals surface area contributed by atoms with Gasteiger partial charge in [-0.05, 0) is 61.7 Å². The molecule has 21 heavy (non-hydrogen) atoms. The molecule has 0 aliphatic heterocycles. The Morgan fingerprint density at radius 3 is 2.43 bits per heavy atom. The van der Waals surface area contributed by atoms with E-state index in [2.05, 4.69) is 43.2 Å². The van der Waals surface area contributed by atoms with Crippen LogP contribution < -0.4 is 5.32 Å². The highest BCUT2D eigenvalue weighted by molar-refractivity contribution is 9.10. The van der Waals surface area contributed by atoms with Crippen molar-refractivity contribution in [3.05, 3.63) is 68.4 Å². The molecule has 2 rings (SSSR count). The zero-order valence-corrected chi connectivity index (χ0v) is 15.0. The molecule has 1 atom stereocenters. The Balaban J connectivity index is 2.14. The van der Waals surface area contributed by atoms with E-state index < -0.39 is 0 Å². The van der Waals surface area contributed by atoms with E-state index in [0.717, 1.165) is 33.9 Å². The number of hydrogen-bond donors (Lipinski definition) is 1. The zero-order valence-electron chi connectivity index (χ0n) is 11.9. The van der Waals surface area contributed by atoms with E-state index in [1.807, 2.05) is 37.4 Å². The molecule has 0 saturated heterocycles. The maximum Gasteiger partial charge on any atom is 0.127 e. The van der Waals surface area contributed by atoms with Gasteiger partial charge < -0.3 is 5.32 Å². The second-order valence-electron chi connectivity index (χ2n) is 5.16. The van der Waals surface area contributed by atoms with Crippen LogP contribution in [0.4, 0.5) is 4.39 Å². The van der Waals surface area contributed by atoms with Gasteiger partial charge in [0.1, 0.15) is 5.82 Å². The molecule has 4 heteroatoms. The van der Waals surface area contributed by atoms with Gasteiger partial charge in [0.15, 0.2) is 0 Å². The van der Waals surface area contributed by atoms with Crippen LogP contribution in [0, 0.1) is 11.7 Å². The van der Waals surface area contributed by atoms with Gasteiger partial charge in [-0.2, -0.15) is 0 Å². The Hall–Kier alpha value is -0.710. The minimum absolute atomic E-state index is 0.141. The van der Waals surface area contributed by atoms with E-state index in [1.165, 1.54) is 11.6 Å². The minimum Gasteiger partial charge on any atom is -0.319 e. The topological polar surface area (TPSA) is 12.0 Å². The normalized spacial score (nSPS) is 12.4. The molecule has 0 heterocycles. The van der Waals surface area contributed by atoms with Gasteiger partial charge in [-0.25, -0.2) is 4.39 Å². The third-order valence-corrected chi connectivity index (χ3v) is 4.75. The van der Waals surface area contributed by atoms with Crippen molar-refractivity contribution in [1.82, 2.24) is 5.32 Å². The molecular formula is C17H18Br2FN. The van der Waals surface area contributed by atoms with Crippen LogP contribution in [0.3, 0.4) is 0 Å². The highest BCUT2D eigenvalue weighted by Gasteiger charge is 2.14. The van der Waals surface area contributed by atoms with Crippen LogP contribution in [0.15, 0.2) is 51.4 Å². The monoisotopic (exact) mass is 413 g/mol. The average Bonchev–Trinajstić information content (AvgIpc) is 2.44. The summed E-state index contributed by atoms with van der Waals surface area (Å²) in [5, 5.41) is 3.21. The van der Waals surface area contributed by atoms with Gasteiger partial charge in [0.2, 0.25) is 0 Å². The van der Waals surface area contributed by atoms with Gasteiger partial charge in [0.05, 0.1) is 0 Å². The maximum absolute atomic E-state index is 14.0. The molecule has 0 amide bonds. The van der Waals surface area contributed by atoms with Crippen LogP contribution in [0.25, 0.3) is 0 Å². The molecule has 0 bridgehead atoms. The van der Waals surface area contributed by atoms with Crippen molar-refractivity contribution >= 4 is 31.9 Å². The summed E-state index contributed by atoms with van der Waals surface area (Å²) in [5.74, 6) is 0.210. The quantitative estimate of drug-likeness (QED) is 0.703. The number of nitrogens with one attached hydrogen (secondary N) is 1. The van der Waals surface area contributed by atoms with Crippen molar-refractivity contribution in [2.75, 3.05) is 13.6 Å². The summed E-state index contributed by atoms with van der Waals surface area (Å²) in [6.07, 6.45) is 1.64. The molecule has 0 fully saturated rings. The van der Waals surface area contributed by atoms with Crippen LogP contribution in [0.1, 0.15) is 11.1 Å². The summed E-state index contributed by atoms with van der Waals surface area (Å²) >= 11 is 6.88. The Bertz CT molecular complexity index is 601. The smallest absolute Gasteiger partial charge is 0.127 e. The van der Waals surface area contributed by atoms with Crippen molar-refractivity contribution in [3.8, 4) is 0 Å². The van der Waals surface area contributed by atoms with E-state index in [1.54, 1.807) is 0 Å². The first kappa shape index (κ1) is 16.7. The SMILES string of the molecule is CNCC(Cc1ccc(Br)cc1F)Cc1ccccc1Br. The summed E-state index contributed by atoms with van der Waals surface area (Å²) in [6.45, 7) is 0.858. The Kier molecular flexibility index (Phi) is 6.40. The van der Waals surface area contributed by atoms with Gasteiger partial charge >= 0.3 is 0 Å². The van der Waals surface area contributed by atoms with E-state index in [-0.39, 0.29) is 5.82 Å². The fourth-order valence-corrected chi connectivity index (χ4v) is 3.26. The fourth-order valence-electron chi connectivity index (χ4n) is 2.48. The van der Waals surface area contributed by atoms with Crippen molar-refractivity contribution in [1.29, 1.82) is 0 Å². The van der Waals surface area contributed by atoms with Crippen molar-refractivity contribution in [3.63, 3.8) is 0 Å². The molecular weight excluding hydrogens is 397 g/mol. The second-order valence-corrected chi connectivity index (χ2v) is 6.93. The lowest BCUT2D eigenvalue weighted by molar-refractivity contribution is 0.479. The lowest BCUT2D eigenvalue weighted by Crippen LogP contribution is -2.23. The van der Waals surface area contributed by atoms with E-state index in [9.17, 15) is 4.39 Å². The first-order chi connectivity index (χ1) is 10.1. The number of halogens is 3. The summed E-state index contributed by atoms with van der Waals surface area (Å²) in [4.78, 5) is 0. The Morgan fingerprint density at radius 1 is 1.05 bits per heavy atom. The van der Waals surface area contributed by atoms with Crippen LogP contribution >= 0.6 is 31.9 Å². The van der Waals surface area contributed by atoms with Gasteiger partial charge in [0.25, 0.3) is 0 Å². The van der Waals surface area contributed by atoms with Crippen LogP contribution in [-0.2, 0) is 12.8 Å². The molecule has 1 nitrogen and oxygen atoms in total. The molecule has 2 aromatic rings. The highest BCUT2D eigenvalue weighted by Crippen LogP contribution is 2.23. The molecule has 0 spiro atoms. The molecule has 0 radical (unpaired) electrons. The van der Waals surface area contributed by atoms with Gasteiger partial charge in [0, 0.05) is 8.95 Å². The molecule has 0 aliphatic carbocycles. The van der Waals surface area contributed by atoms with E-state index in [4.69, 9.17) is 0 Å². The molecule has 112 valence electrons. The first-order valence-corrected chi connectivity index (χ1v) is 8.50. The number of rotatable bonds is 6. The number of benzene rings is 2. The lowest BCUT2D eigenvalue weighted by atomic mass is 9.92. The fraction of sp³-hybridized carbons (Fsp3) is 0.294. The lowest BCUT2D eigenvalue weighted by Gasteiger charge is -2.18. The molecule has 0 saturated carbocycles. The second kappa shape index (κ2) is 8.06.